The maximum Gasteiger partial charge on any atom is 0.329 e. The summed E-state index contributed by atoms with van der Waals surface area (Å²) in [6.45, 7) is 0.385. The van der Waals surface area contributed by atoms with Crippen molar-refractivity contribution in [3.8, 4) is 5.75 Å². The topological polar surface area (TPSA) is 79.8 Å². The largest absolute Gasteiger partial charge is 0.489 e. The second kappa shape index (κ2) is 10.8. The van der Waals surface area contributed by atoms with Crippen LogP contribution in [-0.4, -0.2) is 18.0 Å². The van der Waals surface area contributed by atoms with Crippen molar-refractivity contribution in [2.45, 2.75) is 6.61 Å². The minimum Gasteiger partial charge on any atom is -0.489 e. The van der Waals surface area contributed by atoms with Crippen LogP contribution in [0.25, 0.3) is 0 Å². The number of nitrogens with zero attached hydrogens (tertiary/aromatic N) is 1. The molecule has 9 heteroatoms. The molecule has 3 aromatic rings. The number of carbonyl (C=O) groups excluding carboxylic acids is 2. The summed E-state index contributed by atoms with van der Waals surface area (Å²) in [6, 6.07) is 19.0. The Labute approximate surface area is 193 Å². The summed E-state index contributed by atoms with van der Waals surface area (Å²) in [5, 5.41) is 7.43. The van der Waals surface area contributed by atoms with Crippen LogP contribution in [0, 0.1) is 0 Å². The Kier molecular flexibility index (Phi) is 7.89. The molecule has 0 aliphatic carbocycles. The molecule has 0 saturated carbocycles. The molecule has 2 amide bonds. The lowest BCUT2D eigenvalue weighted by Gasteiger charge is -2.07. The molecular weight excluding hydrogens is 461 g/mol. The first-order valence-corrected chi connectivity index (χ1v) is 10.1. The lowest BCUT2D eigenvalue weighted by atomic mass is 10.2. The molecule has 0 saturated heterocycles. The van der Waals surface area contributed by atoms with Crippen LogP contribution in [0.2, 0.25) is 15.1 Å². The highest BCUT2D eigenvalue weighted by Gasteiger charge is 2.14. The Morgan fingerprint density at radius 2 is 1.65 bits per heavy atom. The predicted octanol–water partition coefficient (Wildman–Crippen LogP) is 5.31. The number of hydrogen-bond acceptors (Lipinski definition) is 4. The maximum absolute atomic E-state index is 11.9. The Bertz CT molecular complexity index is 1120. The second-order valence-electron chi connectivity index (χ2n) is 6.27. The summed E-state index contributed by atoms with van der Waals surface area (Å²) >= 11 is 17.8. The van der Waals surface area contributed by atoms with E-state index in [1.807, 2.05) is 18.2 Å². The smallest absolute Gasteiger partial charge is 0.329 e. The predicted molar refractivity (Wildman–Crippen MR) is 123 cm³/mol. The Hall–Kier alpha value is -3.06. The van der Waals surface area contributed by atoms with Gasteiger partial charge in [-0.3, -0.25) is 9.59 Å². The van der Waals surface area contributed by atoms with Gasteiger partial charge in [0.25, 0.3) is 0 Å². The van der Waals surface area contributed by atoms with E-state index in [9.17, 15) is 9.59 Å². The third-order valence-corrected chi connectivity index (χ3v) is 4.74. The Morgan fingerprint density at radius 3 is 2.39 bits per heavy atom. The van der Waals surface area contributed by atoms with E-state index in [2.05, 4.69) is 15.8 Å². The van der Waals surface area contributed by atoms with Crippen LogP contribution in [0.1, 0.15) is 11.1 Å². The molecule has 0 aliphatic heterocycles. The zero-order valence-electron chi connectivity index (χ0n) is 15.9. The van der Waals surface area contributed by atoms with Gasteiger partial charge in [0.05, 0.1) is 16.9 Å². The van der Waals surface area contributed by atoms with E-state index in [-0.39, 0.29) is 10.7 Å². The lowest BCUT2D eigenvalue weighted by Crippen LogP contribution is -2.32. The van der Waals surface area contributed by atoms with E-state index in [4.69, 9.17) is 39.5 Å². The summed E-state index contributed by atoms with van der Waals surface area (Å²) in [6.07, 6.45) is 1.40. The average molecular weight is 477 g/mol. The molecule has 158 valence electrons. The van der Waals surface area contributed by atoms with Crippen molar-refractivity contribution < 1.29 is 14.3 Å². The number of anilines is 1. The summed E-state index contributed by atoms with van der Waals surface area (Å²) in [5.41, 5.74) is 4.04. The van der Waals surface area contributed by atoms with Crippen molar-refractivity contribution in [3.05, 3.63) is 92.9 Å². The fraction of sp³-hybridized carbons (Fsp3) is 0.0455. The van der Waals surface area contributed by atoms with E-state index in [1.54, 1.807) is 36.4 Å². The highest BCUT2D eigenvalue weighted by Crippen LogP contribution is 2.25. The van der Waals surface area contributed by atoms with Gasteiger partial charge in [0.15, 0.2) is 0 Å². The van der Waals surface area contributed by atoms with Crippen molar-refractivity contribution in [2.75, 3.05) is 5.32 Å². The molecule has 31 heavy (non-hydrogen) atoms. The van der Waals surface area contributed by atoms with Crippen molar-refractivity contribution in [1.29, 1.82) is 0 Å². The molecule has 0 fully saturated rings. The first-order chi connectivity index (χ1) is 14.9. The number of carbonyl (C=O) groups is 2. The van der Waals surface area contributed by atoms with Gasteiger partial charge in [-0.15, -0.1) is 0 Å². The molecule has 3 rings (SSSR count). The lowest BCUT2D eigenvalue weighted by molar-refractivity contribution is -0.136. The van der Waals surface area contributed by atoms with Gasteiger partial charge in [0.2, 0.25) is 0 Å². The molecule has 0 spiro atoms. The minimum atomic E-state index is -0.950. The van der Waals surface area contributed by atoms with Crippen LogP contribution in [0.3, 0.4) is 0 Å². The number of benzene rings is 3. The number of hydrazone groups is 1. The van der Waals surface area contributed by atoms with Gasteiger partial charge in [-0.05, 0) is 65.7 Å². The molecule has 0 aromatic heterocycles. The van der Waals surface area contributed by atoms with E-state index in [1.165, 1.54) is 18.3 Å². The molecule has 0 heterocycles. The molecule has 2 N–H and O–H groups in total. The monoisotopic (exact) mass is 475 g/mol. The van der Waals surface area contributed by atoms with Gasteiger partial charge in [-0.25, -0.2) is 5.43 Å². The third-order valence-electron chi connectivity index (χ3n) is 3.94. The highest BCUT2D eigenvalue weighted by atomic mass is 35.5. The molecule has 0 unspecified atom stereocenters. The van der Waals surface area contributed by atoms with Crippen LogP contribution in [0.15, 0.2) is 71.8 Å². The molecule has 0 aliphatic rings. The number of amides is 2. The third kappa shape index (κ3) is 7.00. The quantitative estimate of drug-likeness (QED) is 0.287. The fourth-order valence-corrected chi connectivity index (χ4v) is 2.98. The minimum absolute atomic E-state index is 0.228. The van der Waals surface area contributed by atoms with Gasteiger partial charge >= 0.3 is 11.8 Å². The number of nitrogens with one attached hydrogen (secondary N) is 2. The zero-order chi connectivity index (χ0) is 22.2. The van der Waals surface area contributed by atoms with Crippen molar-refractivity contribution in [3.63, 3.8) is 0 Å². The van der Waals surface area contributed by atoms with Gasteiger partial charge in [-0.1, -0.05) is 46.9 Å². The van der Waals surface area contributed by atoms with Gasteiger partial charge in [0.1, 0.15) is 12.4 Å². The number of ether oxygens (including phenoxy) is 1. The second-order valence-corrected chi connectivity index (χ2v) is 7.55. The Balaban J connectivity index is 1.49. The molecule has 3 aromatic carbocycles. The van der Waals surface area contributed by atoms with E-state index in [0.717, 1.165) is 5.56 Å². The van der Waals surface area contributed by atoms with E-state index in [0.29, 0.717) is 28.0 Å². The normalized spacial score (nSPS) is 10.7. The molecule has 0 radical (unpaired) electrons. The molecule has 0 atom stereocenters. The SMILES string of the molecule is O=C(NN=Cc1ccc(OCc2cccc(Cl)c2)cc1)C(=O)Nc1cc(Cl)ccc1Cl. The van der Waals surface area contributed by atoms with Crippen LogP contribution in [0.4, 0.5) is 5.69 Å². The molecular formula is C22H16Cl3N3O3. The van der Waals surface area contributed by atoms with E-state index >= 15 is 0 Å². The molecule has 0 bridgehead atoms. The van der Waals surface area contributed by atoms with Crippen LogP contribution < -0.4 is 15.5 Å². The highest BCUT2D eigenvalue weighted by molar-refractivity contribution is 6.42. The van der Waals surface area contributed by atoms with Gasteiger partial charge in [-0.2, -0.15) is 5.10 Å². The van der Waals surface area contributed by atoms with Crippen molar-refractivity contribution in [2.24, 2.45) is 5.10 Å². The summed E-state index contributed by atoms with van der Waals surface area (Å²) in [7, 11) is 0. The van der Waals surface area contributed by atoms with Gasteiger partial charge < -0.3 is 10.1 Å². The summed E-state index contributed by atoms with van der Waals surface area (Å²) < 4.78 is 5.70. The van der Waals surface area contributed by atoms with Crippen LogP contribution >= 0.6 is 34.8 Å². The number of hydrogen-bond donors (Lipinski definition) is 2. The number of halogens is 3. The standard InChI is InChI=1S/C22H16Cl3N3O3/c23-16-3-1-2-15(10-16)13-31-18-7-4-14(5-8-18)12-26-28-22(30)21(29)27-20-11-17(24)6-9-19(20)25/h1-12H,13H2,(H,27,29)(H,28,30). The maximum atomic E-state index is 11.9. The van der Waals surface area contributed by atoms with Gasteiger partial charge in [0, 0.05) is 10.0 Å². The van der Waals surface area contributed by atoms with Crippen LogP contribution in [-0.2, 0) is 16.2 Å². The van der Waals surface area contributed by atoms with Crippen molar-refractivity contribution in [1.82, 2.24) is 5.43 Å². The van der Waals surface area contributed by atoms with Crippen molar-refractivity contribution >= 4 is 58.5 Å². The summed E-state index contributed by atoms with van der Waals surface area (Å²) in [5.74, 6) is -1.21. The number of rotatable bonds is 6. The molecule has 6 nitrogen and oxygen atoms in total. The van der Waals surface area contributed by atoms with Crippen LogP contribution in [0.5, 0.6) is 5.75 Å². The van der Waals surface area contributed by atoms with E-state index < -0.39 is 11.8 Å². The summed E-state index contributed by atoms with van der Waals surface area (Å²) in [4.78, 5) is 23.8. The fourth-order valence-electron chi connectivity index (χ4n) is 2.43. The average Bonchev–Trinajstić information content (AvgIpc) is 2.75. The first-order valence-electron chi connectivity index (χ1n) is 8.97. The first kappa shape index (κ1) is 22.6. The zero-order valence-corrected chi connectivity index (χ0v) is 18.2. The Morgan fingerprint density at radius 1 is 0.903 bits per heavy atom.